The minimum absolute atomic E-state index is 0.163. The van der Waals surface area contributed by atoms with E-state index in [-0.39, 0.29) is 12.6 Å². The lowest BCUT2D eigenvalue weighted by atomic mass is 9.93. The first-order chi connectivity index (χ1) is 8.22. The molecule has 0 spiro atoms. The van der Waals surface area contributed by atoms with E-state index >= 15 is 0 Å². The van der Waals surface area contributed by atoms with Crippen LogP contribution >= 0.6 is 0 Å². The monoisotopic (exact) mass is 231 g/mol. The summed E-state index contributed by atoms with van der Waals surface area (Å²) in [6, 6.07) is 8.63. The SMILES string of the molecule is CC(C)=CCN1CCc2ccccc2C1CO. The van der Waals surface area contributed by atoms with Crippen molar-refractivity contribution in [2.75, 3.05) is 19.7 Å². The molecule has 0 fully saturated rings. The Hall–Kier alpha value is -1.12. The molecule has 0 saturated carbocycles. The smallest absolute Gasteiger partial charge is 0.0628 e. The molecule has 0 bridgehead atoms. The van der Waals surface area contributed by atoms with Crippen molar-refractivity contribution in [3.63, 3.8) is 0 Å². The van der Waals surface area contributed by atoms with Gasteiger partial charge in [-0.2, -0.15) is 0 Å². The molecule has 92 valence electrons. The number of aliphatic hydroxyl groups excluding tert-OH is 1. The summed E-state index contributed by atoms with van der Waals surface area (Å²) in [4.78, 5) is 2.36. The van der Waals surface area contributed by atoms with Crippen LogP contribution in [0.2, 0.25) is 0 Å². The molecular formula is C15H21NO. The van der Waals surface area contributed by atoms with Crippen LogP contribution in [0, 0.1) is 0 Å². The highest BCUT2D eigenvalue weighted by atomic mass is 16.3. The number of rotatable bonds is 3. The molecule has 1 atom stereocenters. The van der Waals surface area contributed by atoms with Gasteiger partial charge in [-0.15, -0.1) is 0 Å². The second-order valence-corrected chi connectivity index (χ2v) is 4.92. The molecule has 0 radical (unpaired) electrons. The van der Waals surface area contributed by atoms with Gasteiger partial charge in [0.15, 0.2) is 0 Å². The molecule has 1 aliphatic rings. The van der Waals surface area contributed by atoms with E-state index in [0.717, 1.165) is 19.5 Å². The topological polar surface area (TPSA) is 23.5 Å². The molecule has 0 saturated heterocycles. The van der Waals surface area contributed by atoms with Gasteiger partial charge in [0.1, 0.15) is 0 Å². The zero-order valence-corrected chi connectivity index (χ0v) is 10.7. The van der Waals surface area contributed by atoms with Crippen LogP contribution in [0.5, 0.6) is 0 Å². The first kappa shape index (κ1) is 12.3. The highest BCUT2D eigenvalue weighted by Crippen LogP contribution is 2.28. The summed E-state index contributed by atoms with van der Waals surface area (Å²) in [6.07, 6.45) is 3.32. The van der Waals surface area contributed by atoms with Crippen molar-refractivity contribution in [1.82, 2.24) is 4.90 Å². The predicted molar refractivity (Wildman–Crippen MR) is 71.0 cm³/mol. The Labute approximate surface area is 104 Å². The van der Waals surface area contributed by atoms with Crippen molar-refractivity contribution < 1.29 is 5.11 Å². The van der Waals surface area contributed by atoms with Crippen molar-refractivity contribution in [3.05, 3.63) is 47.0 Å². The summed E-state index contributed by atoms with van der Waals surface area (Å²) < 4.78 is 0. The Kier molecular flexibility index (Phi) is 3.97. The number of benzene rings is 1. The summed E-state index contributed by atoms with van der Waals surface area (Å²) in [7, 11) is 0. The molecule has 1 aromatic carbocycles. The molecule has 17 heavy (non-hydrogen) atoms. The van der Waals surface area contributed by atoms with Crippen LogP contribution in [0.15, 0.2) is 35.9 Å². The van der Waals surface area contributed by atoms with Gasteiger partial charge in [0.2, 0.25) is 0 Å². The lowest BCUT2D eigenvalue weighted by Gasteiger charge is -2.35. The molecule has 1 unspecified atom stereocenters. The van der Waals surface area contributed by atoms with Crippen molar-refractivity contribution in [2.45, 2.75) is 26.3 Å². The zero-order valence-electron chi connectivity index (χ0n) is 10.7. The fourth-order valence-electron chi connectivity index (χ4n) is 2.44. The Morgan fingerprint density at radius 2 is 2.18 bits per heavy atom. The molecule has 0 aromatic heterocycles. The van der Waals surface area contributed by atoms with Gasteiger partial charge in [0, 0.05) is 13.1 Å². The fraction of sp³-hybridized carbons (Fsp3) is 0.467. The van der Waals surface area contributed by atoms with Crippen LogP contribution in [0.4, 0.5) is 0 Å². The van der Waals surface area contributed by atoms with Gasteiger partial charge in [-0.05, 0) is 31.4 Å². The molecule has 0 amide bonds. The highest BCUT2D eigenvalue weighted by molar-refractivity contribution is 5.32. The van der Waals surface area contributed by atoms with Crippen molar-refractivity contribution in [1.29, 1.82) is 0 Å². The van der Waals surface area contributed by atoms with E-state index in [2.05, 4.69) is 49.1 Å². The van der Waals surface area contributed by atoms with Gasteiger partial charge in [-0.3, -0.25) is 4.90 Å². The zero-order chi connectivity index (χ0) is 12.3. The van der Waals surface area contributed by atoms with E-state index < -0.39 is 0 Å². The Morgan fingerprint density at radius 3 is 2.88 bits per heavy atom. The van der Waals surface area contributed by atoms with Crippen molar-refractivity contribution >= 4 is 0 Å². The Morgan fingerprint density at radius 1 is 1.41 bits per heavy atom. The molecule has 2 heteroatoms. The number of hydrogen-bond donors (Lipinski definition) is 1. The van der Waals surface area contributed by atoms with Crippen LogP contribution in [-0.4, -0.2) is 29.7 Å². The van der Waals surface area contributed by atoms with E-state index in [1.54, 1.807) is 0 Å². The molecule has 1 heterocycles. The molecule has 1 aromatic rings. The second kappa shape index (κ2) is 5.48. The third kappa shape index (κ3) is 2.76. The summed E-state index contributed by atoms with van der Waals surface area (Å²) >= 11 is 0. The first-order valence-corrected chi connectivity index (χ1v) is 6.28. The molecule has 2 nitrogen and oxygen atoms in total. The normalized spacial score (nSPS) is 19.8. The maximum Gasteiger partial charge on any atom is 0.0628 e. The Bertz CT molecular complexity index is 407. The largest absolute Gasteiger partial charge is 0.394 e. The minimum Gasteiger partial charge on any atom is -0.394 e. The van der Waals surface area contributed by atoms with Gasteiger partial charge in [0.05, 0.1) is 12.6 Å². The van der Waals surface area contributed by atoms with E-state index in [4.69, 9.17) is 0 Å². The fourth-order valence-corrected chi connectivity index (χ4v) is 2.44. The summed E-state index contributed by atoms with van der Waals surface area (Å²) in [5.41, 5.74) is 4.02. The molecular weight excluding hydrogens is 210 g/mol. The van der Waals surface area contributed by atoms with Gasteiger partial charge < -0.3 is 5.11 Å². The molecule has 2 rings (SSSR count). The van der Waals surface area contributed by atoms with Crippen molar-refractivity contribution in [2.24, 2.45) is 0 Å². The Balaban J connectivity index is 2.20. The summed E-state index contributed by atoms with van der Waals surface area (Å²) in [5.74, 6) is 0. The molecule has 1 aliphatic heterocycles. The lowest BCUT2D eigenvalue weighted by molar-refractivity contribution is 0.126. The molecule has 0 aliphatic carbocycles. The van der Waals surface area contributed by atoms with E-state index in [0.29, 0.717) is 0 Å². The average Bonchev–Trinajstić information content (AvgIpc) is 2.35. The minimum atomic E-state index is 0.163. The van der Waals surface area contributed by atoms with Crippen molar-refractivity contribution in [3.8, 4) is 0 Å². The number of hydrogen-bond acceptors (Lipinski definition) is 2. The van der Waals surface area contributed by atoms with Gasteiger partial charge in [-0.25, -0.2) is 0 Å². The van der Waals surface area contributed by atoms with Gasteiger partial charge in [-0.1, -0.05) is 35.9 Å². The third-order valence-corrected chi connectivity index (χ3v) is 3.43. The number of aliphatic hydroxyl groups is 1. The van der Waals surface area contributed by atoms with Gasteiger partial charge in [0.25, 0.3) is 0 Å². The number of fused-ring (bicyclic) bond motifs is 1. The average molecular weight is 231 g/mol. The molecule has 1 N–H and O–H groups in total. The second-order valence-electron chi connectivity index (χ2n) is 4.92. The lowest BCUT2D eigenvalue weighted by Crippen LogP contribution is -2.37. The quantitative estimate of drug-likeness (QED) is 0.808. The van der Waals surface area contributed by atoms with Crippen LogP contribution in [-0.2, 0) is 6.42 Å². The number of allylic oxidation sites excluding steroid dienone is 1. The predicted octanol–water partition coefficient (Wildman–Crippen LogP) is 2.54. The summed E-state index contributed by atoms with van der Waals surface area (Å²) in [6.45, 7) is 6.40. The number of nitrogens with zero attached hydrogens (tertiary/aromatic N) is 1. The van der Waals surface area contributed by atoms with Crippen LogP contribution in [0.1, 0.15) is 31.0 Å². The standard InChI is InChI=1S/C15H21NO/c1-12(2)7-9-16-10-8-13-5-3-4-6-14(13)15(16)11-17/h3-7,15,17H,8-11H2,1-2H3. The highest BCUT2D eigenvalue weighted by Gasteiger charge is 2.25. The van der Waals surface area contributed by atoms with Crippen LogP contribution in [0.3, 0.4) is 0 Å². The van der Waals surface area contributed by atoms with Gasteiger partial charge >= 0.3 is 0 Å². The first-order valence-electron chi connectivity index (χ1n) is 6.28. The van der Waals surface area contributed by atoms with E-state index in [9.17, 15) is 5.11 Å². The third-order valence-electron chi connectivity index (χ3n) is 3.43. The van der Waals surface area contributed by atoms with Crippen LogP contribution in [0.25, 0.3) is 0 Å². The van der Waals surface area contributed by atoms with Crippen LogP contribution < -0.4 is 0 Å². The maximum absolute atomic E-state index is 9.61. The summed E-state index contributed by atoms with van der Waals surface area (Å²) in [5, 5.41) is 9.61. The van der Waals surface area contributed by atoms with E-state index in [1.165, 1.54) is 16.7 Å². The van der Waals surface area contributed by atoms with E-state index in [1.807, 2.05) is 0 Å². The maximum atomic E-state index is 9.61.